The fourth-order valence-corrected chi connectivity index (χ4v) is 4.09. The number of carbonyl (C=O) groups is 3. The van der Waals surface area contributed by atoms with Crippen molar-refractivity contribution < 1.29 is 23.9 Å². The number of hydrogen-bond acceptors (Lipinski definition) is 5. The van der Waals surface area contributed by atoms with Crippen molar-refractivity contribution in [2.45, 2.75) is 25.9 Å². The van der Waals surface area contributed by atoms with Crippen molar-refractivity contribution in [3.63, 3.8) is 0 Å². The maximum atomic E-state index is 13.4. The molecule has 2 heterocycles. The average Bonchev–Trinajstić information content (AvgIpc) is 3.39. The first kappa shape index (κ1) is 21.5. The summed E-state index contributed by atoms with van der Waals surface area (Å²) >= 11 is 0. The topological polar surface area (TPSA) is 88.2 Å². The van der Waals surface area contributed by atoms with E-state index in [0.717, 1.165) is 16.0 Å². The SMILES string of the molecule is Cc1ccc(N2C(=O)[C@H](CC(=O)Nc3ccccc3)N(Cc3ccc4c(c3)OCO4)C2=O)cc1. The van der Waals surface area contributed by atoms with Crippen molar-refractivity contribution in [2.24, 2.45) is 0 Å². The molecule has 8 nitrogen and oxygen atoms in total. The predicted octanol–water partition coefficient (Wildman–Crippen LogP) is 4.09. The fraction of sp³-hybridized carbons (Fsp3) is 0.192. The van der Waals surface area contributed by atoms with E-state index < -0.39 is 18.0 Å². The van der Waals surface area contributed by atoms with Crippen LogP contribution in [0.5, 0.6) is 11.5 Å². The van der Waals surface area contributed by atoms with Gasteiger partial charge in [0.15, 0.2) is 11.5 Å². The number of fused-ring (bicyclic) bond motifs is 1. The Morgan fingerprint density at radius 2 is 1.71 bits per heavy atom. The van der Waals surface area contributed by atoms with Gasteiger partial charge in [-0.15, -0.1) is 0 Å². The van der Waals surface area contributed by atoms with Crippen LogP contribution < -0.4 is 19.7 Å². The van der Waals surface area contributed by atoms with Crippen LogP contribution in [0.3, 0.4) is 0 Å². The Balaban J connectivity index is 1.42. The van der Waals surface area contributed by atoms with Crippen molar-refractivity contribution in [1.82, 2.24) is 4.90 Å². The summed E-state index contributed by atoms with van der Waals surface area (Å²) in [6.07, 6.45) is -0.160. The Labute approximate surface area is 196 Å². The third kappa shape index (κ3) is 4.17. The largest absolute Gasteiger partial charge is 0.454 e. The van der Waals surface area contributed by atoms with Crippen LogP contribution in [0.15, 0.2) is 72.8 Å². The lowest BCUT2D eigenvalue weighted by molar-refractivity contribution is -0.124. The number of amides is 4. The number of urea groups is 1. The summed E-state index contributed by atoms with van der Waals surface area (Å²) in [6, 6.07) is 20.1. The molecule has 0 radical (unpaired) electrons. The lowest BCUT2D eigenvalue weighted by Crippen LogP contribution is -2.37. The van der Waals surface area contributed by atoms with Gasteiger partial charge >= 0.3 is 6.03 Å². The number of carbonyl (C=O) groups excluding carboxylic acids is 3. The predicted molar refractivity (Wildman–Crippen MR) is 126 cm³/mol. The molecule has 3 aromatic rings. The lowest BCUT2D eigenvalue weighted by atomic mass is 10.1. The van der Waals surface area contributed by atoms with Gasteiger partial charge in [-0.2, -0.15) is 0 Å². The summed E-state index contributed by atoms with van der Waals surface area (Å²) in [4.78, 5) is 42.2. The first-order chi connectivity index (χ1) is 16.5. The first-order valence-electron chi connectivity index (χ1n) is 10.9. The second kappa shape index (κ2) is 8.90. The number of hydrogen-bond donors (Lipinski definition) is 1. The number of nitrogens with one attached hydrogen (secondary N) is 1. The van der Waals surface area contributed by atoms with Crippen LogP contribution in [-0.2, 0) is 16.1 Å². The average molecular weight is 457 g/mol. The third-order valence-corrected chi connectivity index (χ3v) is 5.84. The summed E-state index contributed by atoms with van der Waals surface area (Å²) in [6.45, 7) is 2.22. The smallest absolute Gasteiger partial charge is 0.332 e. The van der Waals surface area contributed by atoms with Crippen molar-refractivity contribution in [2.75, 3.05) is 17.0 Å². The van der Waals surface area contributed by atoms with Crippen LogP contribution >= 0.6 is 0 Å². The monoisotopic (exact) mass is 457 g/mol. The minimum atomic E-state index is -0.942. The van der Waals surface area contributed by atoms with Crippen molar-refractivity contribution >= 4 is 29.2 Å². The molecule has 2 aliphatic rings. The van der Waals surface area contributed by atoms with Gasteiger partial charge in [0, 0.05) is 12.2 Å². The zero-order valence-electron chi connectivity index (χ0n) is 18.6. The number of aryl methyl sites for hydroxylation is 1. The summed E-state index contributed by atoms with van der Waals surface area (Å²) in [7, 11) is 0. The maximum Gasteiger partial charge on any atom is 0.332 e. The number of nitrogens with zero attached hydrogens (tertiary/aromatic N) is 2. The molecular weight excluding hydrogens is 434 g/mol. The van der Waals surface area contributed by atoms with Crippen molar-refractivity contribution in [3.05, 3.63) is 83.9 Å². The molecule has 8 heteroatoms. The van der Waals surface area contributed by atoms with E-state index in [1.807, 2.05) is 43.3 Å². The Hall–Kier alpha value is -4.33. The number of para-hydroxylation sites is 1. The second-order valence-corrected chi connectivity index (χ2v) is 8.24. The molecule has 0 bridgehead atoms. The number of imide groups is 1. The number of ether oxygens (including phenoxy) is 2. The van der Waals surface area contributed by atoms with Crippen LogP contribution in [0, 0.1) is 6.92 Å². The van der Waals surface area contributed by atoms with Crippen molar-refractivity contribution in [3.8, 4) is 11.5 Å². The molecule has 34 heavy (non-hydrogen) atoms. The number of rotatable bonds is 6. The highest BCUT2D eigenvalue weighted by molar-refractivity contribution is 6.22. The van der Waals surface area contributed by atoms with Gasteiger partial charge in [0.1, 0.15) is 6.04 Å². The van der Waals surface area contributed by atoms with E-state index in [1.165, 1.54) is 4.90 Å². The molecule has 0 saturated carbocycles. The molecule has 172 valence electrons. The van der Waals surface area contributed by atoms with Gasteiger partial charge in [-0.05, 0) is 48.9 Å². The van der Waals surface area contributed by atoms with Gasteiger partial charge in [-0.25, -0.2) is 9.69 Å². The molecule has 5 rings (SSSR count). The molecule has 1 atom stereocenters. The van der Waals surface area contributed by atoms with Gasteiger partial charge in [0.25, 0.3) is 5.91 Å². The van der Waals surface area contributed by atoms with Gasteiger partial charge in [0.05, 0.1) is 12.1 Å². The van der Waals surface area contributed by atoms with E-state index in [2.05, 4.69) is 5.32 Å². The molecular formula is C26H23N3O5. The molecule has 0 aliphatic carbocycles. The number of anilines is 2. The van der Waals surface area contributed by atoms with Gasteiger partial charge < -0.3 is 19.7 Å². The van der Waals surface area contributed by atoms with Crippen LogP contribution in [-0.4, -0.2) is 35.6 Å². The summed E-state index contributed by atoms with van der Waals surface area (Å²) in [5.41, 5.74) is 2.88. The quantitative estimate of drug-likeness (QED) is 0.564. The highest BCUT2D eigenvalue weighted by atomic mass is 16.7. The summed E-state index contributed by atoms with van der Waals surface area (Å²) < 4.78 is 10.8. The maximum absolute atomic E-state index is 13.4. The van der Waals surface area contributed by atoms with Crippen LogP contribution in [0.4, 0.5) is 16.2 Å². The molecule has 3 aromatic carbocycles. The Bertz CT molecular complexity index is 1240. The highest BCUT2D eigenvalue weighted by Crippen LogP contribution is 2.34. The van der Waals surface area contributed by atoms with E-state index >= 15 is 0 Å². The lowest BCUT2D eigenvalue weighted by Gasteiger charge is -2.22. The third-order valence-electron chi connectivity index (χ3n) is 5.84. The van der Waals surface area contributed by atoms with Crippen molar-refractivity contribution in [1.29, 1.82) is 0 Å². The van der Waals surface area contributed by atoms with Gasteiger partial charge in [0.2, 0.25) is 12.7 Å². The Morgan fingerprint density at radius 3 is 2.47 bits per heavy atom. The van der Waals surface area contributed by atoms with Gasteiger partial charge in [-0.3, -0.25) is 9.59 Å². The Morgan fingerprint density at radius 1 is 0.971 bits per heavy atom. The zero-order chi connectivity index (χ0) is 23.7. The Kier molecular flexibility index (Phi) is 5.63. The van der Waals surface area contributed by atoms with E-state index in [4.69, 9.17) is 9.47 Å². The van der Waals surface area contributed by atoms with Crippen LogP contribution in [0.25, 0.3) is 0 Å². The summed E-state index contributed by atoms with van der Waals surface area (Å²) in [5.74, 6) is 0.438. The fourth-order valence-electron chi connectivity index (χ4n) is 4.09. The molecule has 1 fully saturated rings. The van der Waals surface area contributed by atoms with Crippen LogP contribution in [0.2, 0.25) is 0 Å². The standard InChI is InChI=1S/C26H23N3O5/c1-17-7-10-20(11-8-17)29-25(31)21(14-24(30)27-19-5-3-2-4-6-19)28(26(29)32)15-18-9-12-22-23(13-18)34-16-33-22/h2-13,21H,14-16H2,1H3,(H,27,30)/t21-/m0/s1. The van der Waals surface area contributed by atoms with E-state index in [-0.39, 0.29) is 25.7 Å². The van der Waals surface area contributed by atoms with E-state index in [9.17, 15) is 14.4 Å². The normalized spacial score (nSPS) is 16.8. The minimum absolute atomic E-state index is 0.142. The van der Waals surface area contributed by atoms with E-state index in [0.29, 0.717) is 22.9 Å². The molecule has 1 N–H and O–H groups in total. The highest BCUT2D eigenvalue weighted by Gasteiger charge is 2.46. The second-order valence-electron chi connectivity index (χ2n) is 8.24. The molecule has 0 spiro atoms. The van der Waals surface area contributed by atoms with E-state index in [1.54, 1.807) is 36.4 Å². The molecule has 4 amide bonds. The zero-order valence-corrected chi connectivity index (χ0v) is 18.6. The van der Waals surface area contributed by atoms with Gasteiger partial charge in [-0.1, -0.05) is 42.0 Å². The minimum Gasteiger partial charge on any atom is -0.454 e. The first-order valence-corrected chi connectivity index (χ1v) is 10.9. The number of benzene rings is 3. The molecule has 2 aliphatic heterocycles. The molecule has 1 saturated heterocycles. The molecule has 0 unspecified atom stereocenters. The molecule has 0 aromatic heterocycles. The summed E-state index contributed by atoms with van der Waals surface area (Å²) in [5, 5.41) is 2.80. The van der Waals surface area contributed by atoms with Crippen LogP contribution in [0.1, 0.15) is 17.5 Å².